The third-order valence-electron chi connectivity index (χ3n) is 6.00. The molecule has 12 heteroatoms. The lowest BCUT2D eigenvalue weighted by molar-refractivity contribution is -0.115. The lowest BCUT2D eigenvalue weighted by Gasteiger charge is -2.15. The van der Waals surface area contributed by atoms with Crippen LogP contribution in [0.3, 0.4) is 0 Å². The predicted molar refractivity (Wildman–Crippen MR) is 165 cm³/mol. The molecule has 1 fully saturated rings. The minimum Gasteiger partial charge on any atom is -0.368 e. The Bertz CT molecular complexity index is 1740. The van der Waals surface area contributed by atoms with Crippen molar-refractivity contribution in [2.75, 3.05) is 24.7 Å². The predicted octanol–water partition coefficient (Wildman–Crippen LogP) is 4.60. The highest BCUT2D eigenvalue weighted by molar-refractivity contribution is 8.15. The number of carbonyl (C=O) groups is 1. The van der Waals surface area contributed by atoms with Gasteiger partial charge < -0.3 is 4.90 Å². The smallest absolute Gasteiger partial charge is 0.283 e. The summed E-state index contributed by atoms with van der Waals surface area (Å²) in [6.07, 6.45) is 4.65. The van der Waals surface area contributed by atoms with Crippen LogP contribution in [-0.4, -0.2) is 66.6 Å². The van der Waals surface area contributed by atoms with Crippen LogP contribution in [-0.2, 0) is 14.8 Å². The minimum absolute atomic E-state index is 0.0523. The third kappa shape index (κ3) is 6.44. The molecule has 0 unspecified atom stereocenters. The summed E-state index contributed by atoms with van der Waals surface area (Å²) in [6, 6.07) is 23.7. The number of anilines is 1. The van der Waals surface area contributed by atoms with E-state index in [0.29, 0.717) is 27.9 Å². The van der Waals surface area contributed by atoms with Gasteiger partial charge in [-0.25, -0.2) is 4.68 Å². The van der Waals surface area contributed by atoms with Crippen molar-refractivity contribution >= 4 is 51.1 Å². The van der Waals surface area contributed by atoms with E-state index >= 15 is 0 Å². The summed E-state index contributed by atoms with van der Waals surface area (Å²) < 4.78 is 30.3. The van der Waals surface area contributed by atoms with E-state index in [1.165, 1.54) is 30.2 Å². The Hall–Kier alpha value is -4.55. The zero-order valence-corrected chi connectivity index (χ0v) is 24.2. The third-order valence-corrected chi connectivity index (χ3v) is 8.16. The van der Waals surface area contributed by atoms with Crippen molar-refractivity contribution in [3.05, 3.63) is 96.2 Å². The van der Waals surface area contributed by atoms with Gasteiger partial charge in [-0.1, -0.05) is 59.8 Å². The summed E-state index contributed by atoms with van der Waals surface area (Å²) in [5.41, 5.74) is 4.76. The second-order valence-electron chi connectivity index (χ2n) is 9.38. The van der Waals surface area contributed by atoms with Crippen LogP contribution in [0.5, 0.6) is 0 Å². The van der Waals surface area contributed by atoms with Gasteiger partial charge >= 0.3 is 0 Å². The van der Waals surface area contributed by atoms with Gasteiger partial charge in [-0.15, -0.1) is 9.50 Å². The molecule has 0 spiro atoms. The molecule has 0 bridgehead atoms. The SMILES string of the molecule is Cc1ccc(N2C(=O)CS/C2=N\N=C/c2cn(-c3ccc(S(=O)(=O)N=CN(C)C)cc3)nc2-c2ccccc2)cc1. The molecule has 10 nitrogen and oxygen atoms in total. The van der Waals surface area contributed by atoms with Crippen LogP contribution < -0.4 is 4.90 Å². The van der Waals surface area contributed by atoms with Crippen LogP contribution >= 0.6 is 11.8 Å². The van der Waals surface area contributed by atoms with Gasteiger partial charge in [0.1, 0.15) is 12.0 Å². The van der Waals surface area contributed by atoms with Crippen LogP contribution in [0.15, 0.2) is 105 Å². The van der Waals surface area contributed by atoms with Gasteiger partial charge in [0.25, 0.3) is 10.0 Å². The highest BCUT2D eigenvalue weighted by Gasteiger charge is 2.29. The molecule has 1 saturated heterocycles. The van der Waals surface area contributed by atoms with Crippen molar-refractivity contribution in [3.63, 3.8) is 0 Å². The number of thioether (sulfide) groups is 1. The molecule has 0 aliphatic carbocycles. The number of aryl methyl sites for hydroxylation is 1. The number of hydrogen-bond donors (Lipinski definition) is 0. The molecule has 2 heterocycles. The zero-order valence-electron chi connectivity index (χ0n) is 22.6. The quantitative estimate of drug-likeness (QED) is 0.170. The van der Waals surface area contributed by atoms with Crippen molar-refractivity contribution in [2.45, 2.75) is 11.8 Å². The Labute approximate surface area is 242 Å². The first-order chi connectivity index (χ1) is 19.7. The molecule has 3 aromatic carbocycles. The second-order valence-corrected chi connectivity index (χ2v) is 12.0. The molecule has 1 aromatic heterocycles. The zero-order chi connectivity index (χ0) is 29.0. The van der Waals surface area contributed by atoms with E-state index in [1.807, 2.05) is 61.5 Å². The Balaban J connectivity index is 1.46. The first-order valence-electron chi connectivity index (χ1n) is 12.6. The molecule has 5 rings (SSSR count). The van der Waals surface area contributed by atoms with Crippen LogP contribution in [0.1, 0.15) is 11.1 Å². The molecule has 208 valence electrons. The fraction of sp³-hybridized carbons (Fsp3) is 0.138. The van der Waals surface area contributed by atoms with Crippen molar-refractivity contribution in [2.24, 2.45) is 14.6 Å². The standard InChI is InChI=1S/C29H27N7O3S2/c1-21-9-11-25(12-10-21)36-27(37)19-40-29(36)32-30-17-23-18-35(33-28(23)22-7-5-4-6-8-22)24-13-15-26(16-14-24)41(38,39)31-20-34(2)3/h4-18,20H,19H2,1-3H3/b30-17-,31-20?,32-29-. The van der Waals surface area contributed by atoms with E-state index < -0.39 is 10.0 Å². The van der Waals surface area contributed by atoms with Crippen molar-refractivity contribution in [3.8, 4) is 16.9 Å². The number of amidine groups is 1. The summed E-state index contributed by atoms with van der Waals surface area (Å²) in [5.74, 6) is 0.241. The lowest BCUT2D eigenvalue weighted by Crippen LogP contribution is -2.28. The van der Waals surface area contributed by atoms with Gasteiger partial charge in [-0.3, -0.25) is 9.69 Å². The highest BCUT2D eigenvalue weighted by Crippen LogP contribution is 2.27. The molecule has 0 radical (unpaired) electrons. The summed E-state index contributed by atoms with van der Waals surface area (Å²) in [5, 5.41) is 13.9. The molecule has 41 heavy (non-hydrogen) atoms. The maximum absolute atomic E-state index is 12.6. The molecule has 1 aliphatic rings. The summed E-state index contributed by atoms with van der Waals surface area (Å²) in [4.78, 5) is 15.8. The van der Waals surface area contributed by atoms with Gasteiger partial charge in [0.05, 0.1) is 28.2 Å². The van der Waals surface area contributed by atoms with Crippen LogP contribution in [0.4, 0.5) is 5.69 Å². The molecule has 0 atom stereocenters. The first kappa shape index (κ1) is 28.0. The number of rotatable bonds is 8. The number of nitrogens with zero attached hydrogens (tertiary/aromatic N) is 7. The van der Waals surface area contributed by atoms with E-state index in [9.17, 15) is 13.2 Å². The normalized spacial score (nSPS) is 15.0. The Morgan fingerprint density at radius 1 is 0.951 bits per heavy atom. The van der Waals surface area contributed by atoms with E-state index in [2.05, 4.69) is 14.6 Å². The summed E-state index contributed by atoms with van der Waals surface area (Å²) in [7, 11) is -0.424. The van der Waals surface area contributed by atoms with Gasteiger partial charge in [0.2, 0.25) is 5.91 Å². The molecule has 0 N–H and O–H groups in total. The summed E-state index contributed by atoms with van der Waals surface area (Å²) in [6.45, 7) is 1.99. The fourth-order valence-corrected chi connectivity index (χ4v) is 5.68. The van der Waals surface area contributed by atoms with Crippen LogP contribution in [0, 0.1) is 6.92 Å². The van der Waals surface area contributed by atoms with Gasteiger partial charge in [-0.2, -0.15) is 18.6 Å². The molecule has 1 amide bonds. The Morgan fingerprint density at radius 2 is 1.63 bits per heavy atom. The second kappa shape index (κ2) is 11.9. The number of amides is 1. The Kier molecular flexibility index (Phi) is 8.13. The van der Waals surface area contributed by atoms with Gasteiger partial charge in [0, 0.05) is 31.4 Å². The Morgan fingerprint density at radius 3 is 2.32 bits per heavy atom. The minimum atomic E-state index is -3.82. The number of benzene rings is 3. The topological polar surface area (TPSA) is 113 Å². The van der Waals surface area contributed by atoms with Gasteiger partial charge in [-0.05, 0) is 43.3 Å². The highest BCUT2D eigenvalue weighted by atomic mass is 32.2. The number of sulfonamides is 1. The lowest BCUT2D eigenvalue weighted by atomic mass is 10.1. The van der Waals surface area contributed by atoms with Gasteiger partial charge in [0.15, 0.2) is 5.17 Å². The fourth-order valence-electron chi connectivity index (χ4n) is 3.95. The monoisotopic (exact) mass is 585 g/mol. The van der Waals surface area contributed by atoms with Crippen molar-refractivity contribution < 1.29 is 13.2 Å². The maximum Gasteiger partial charge on any atom is 0.283 e. The number of hydrogen-bond acceptors (Lipinski definition) is 7. The number of carbonyl (C=O) groups excluding carboxylic acids is 1. The van der Waals surface area contributed by atoms with Crippen LogP contribution in [0.25, 0.3) is 16.9 Å². The van der Waals surface area contributed by atoms with E-state index in [0.717, 1.165) is 16.8 Å². The van der Waals surface area contributed by atoms with Crippen LogP contribution in [0.2, 0.25) is 0 Å². The average Bonchev–Trinajstić information content (AvgIpc) is 3.57. The van der Waals surface area contributed by atoms with E-state index in [1.54, 1.807) is 53.1 Å². The number of aromatic nitrogens is 2. The molecular weight excluding hydrogens is 558 g/mol. The first-order valence-corrected chi connectivity index (χ1v) is 15.0. The van der Waals surface area contributed by atoms with Crippen molar-refractivity contribution in [1.82, 2.24) is 14.7 Å². The largest absolute Gasteiger partial charge is 0.368 e. The maximum atomic E-state index is 12.6. The summed E-state index contributed by atoms with van der Waals surface area (Å²) >= 11 is 1.33. The molecule has 0 saturated carbocycles. The van der Waals surface area contributed by atoms with E-state index in [-0.39, 0.29) is 10.8 Å². The average molecular weight is 586 g/mol. The van der Waals surface area contributed by atoms with Crippen molar-refractivity contribution in [1.29, 1.82) is 0 Å². The van der Waals surface area contributed by atoms with E-state index in [4.69, 9.17) is 5.10 Å². The molecule has 4 aromatic rings. The molecule has 1 aliphatic heterocycles. The molecular formula is C29H27N7O3S2.